The van der Waals surface area contributed by atoms with Crippen LogP contribution in [0.25, 0.3) is 0 Å². The third-order valence-electron chi connectivity index (χ3n) is 4.40. The number of rotatable bonds is 4. The van der Waals surface area contributed by atoms with Gasteiger partial charge in [0, 0.05) is 12.5 Å². The summed E-state index contributed by atoms with van der Waals surface area (Å²) in [6, 6.07) is 8.31. The average molecular weight is 288 g/mol. The fraction of sp³-hybridized carbons (Fsp3) is 0.500. The van der Waals surface area contributed by atoms with Crippen LogP contribution in [0.15, 0.2) is 24.3 Å². The van der Waals surface area contributed by atoms with E-state index in [9.17, 15) is 9.59 Å². The minimum absolute atomic E-state index is 0.164. The molecular formula is C16H20N2O3. The van der Waals surface area contributed by atoms with E-state index in [4.69, 9.17) is 4.74 Å². The van der Waals surface area contributed by atoms with Crippen LogP contribution >= 0.6 is 0 Å². The molecule has 5 nitrogen and oxygen atoms in total. The number of hydrogen-bond acceptors (Lipinski definition) is 4. The summed E-state index contributed by atoms with van der Waals surface area (Å²) >= 11 is 0. The number of hydrogen-bond donors (Lipinski definition) is 2. The lowest BCUT2D eigenvalue weighted by atomic mass is 9.75. The fourth-order valence-corrected chi connectivity index (χ4v) is 3.04. The lowest BCUT2D eigenvalue weighted by molar-refractivity contribution is -0.135. The van der Waals surface area contributed by atoms with Crippen LogP contribution in [0, 0.1) is 0 Å². The zero-order valence-corrected chi connectivity index (χ0v) is 12.1. The molecule has 2 N–H and O–H groups in total. The van der Waals surface area contributed by atoms with Crippen LogP contribution in [0.2, 0.25) is 0 Å². The van der Waals surface area contributed by atoms with Crippen LogP contribution < -0.4 is 15.4 Å². The minimum atomic E-state index is -0.218. The number of benzene rings is 1. The molecule has 2 amide bonds. The Kier molecular flexibility index (Phi) is 3.92. The summed E-state index contributed by atoms with van der Waals surface area (Å²) in [6.45, 7) is 0. The second-order valence-electron chi connectivity index (χ2n) is 5.81. The Morgan fingerprint density at radius 1 is 1.19 bits per heavy atom. The highest BCUT2D eigenvalue weighted by Gasteiger charge is 2.35. The van der Waals surface area contributed by atoms with E-state index in [1.165, 1.54) is 5.56 Å². The minimum Gasteiger partial charge on any atom is -0.497 e. The van der Waals surface area contributed by atoms with Crippen LogP contribution in [-0.4, -0.2) is 31.0 Å². The van der Waals surface area contributed by atoms with E-state index in [2.05, 4.69) is 22.8 Å². The summed E-state index contributed by atoms with van der Waals surface area (Å²) in [6.07, 6.45) is 3.10. The van der Waals surface area contributed by atoms with Crippen molar-refractivity contribution in [3.05, 3.63) is 29.8 Å². The van der Waals surface area contributed by atoms with E-state index in [1.807, 2.05) is 12.1 Å². The summed E-state index contributed by atoms with van der Waals surface area (Å²) in [7, 11) is 1.66. The highest BCUT2D eigenvalue weighted by atomic mass is 16.5. The standard InChI is InChI=1S/C16H20N2O3/c1-21-13-4-2-10(3-5-13)11-8-12(9-11)17-14-6-7-15(19)18-16(14)20/h2-5,11-12,14,17H,6-9H2,1H3,(H,18,19,20). The molecule has 2 aliphatic rings. The SMILES string of the molecule is COc1ccc(C2CC(NC3CCC(=O)NC3=O)C2)cc1. The predicted molar refractivity (Wildman–Crippen MR) is 78.1 cm³/mol. The van der Waals surface area contributed by atoms with Crippen LogP contribution in [0.4, 0.5) is 0 Å². The fourth-order valence-electron chi connectivity index (χ4n) is 3.04. The molecule has 1 unspecified atom stereocenters. The number of nitrogens with one attached hydrogen (secondary N) is 2. The van der Waals surface area contributed by atoms with Gasteiger partial charge in [-0.2, -0.15) is 0 Å². The lowest BCUT2D eigenvalue weighted by Gasteiger charge is -2.39. The van der Waals surface area contributed by atoms with Crippen molar-refractivity contribution in [2.75, 3.05) is 7.11 Å². The Balaban J connectivity index is 1.49. The molecule has 1 saturated heterocycles. The van der Waals surface area contributed by atoms with Gasteiger partial charge in [-0.25, -0.2) is 0 Å². The summed E-state index contributed by atoms with van der Waals surface area (Å²) in [5, 5.41) is 5.74. The predicted octanol–water partition coefficient (Wildman–Crippen LogP) is 1.34. The van der Waals surface area contributed by atoms with Gasteiger partial charge in [-0.1, -0.05) is 12.1 Å². The van der Waals surface area contributed by atoms with Crippen molar-refractivity contribution in [3.8, 4) is 5.75 Å². The monoisotopic (exact) mass is 288 g/mol. The molecule has 1 aliphatic heterocycles. The molecule has 112 valence electrons. The number of piperidine rings is 1. The number of carbonyl (C=O) groups is 2. The maximum atomic E-state index is 11.7. The van der Waals surface area contributed by atoms with Crippen LogP contribution in [0.3, 0.4) is 0 Å². The molecule has 2 fully saturated rings. The lowest BCUT2D eigenvalue weighted by Crippen LogP contribution is -2.55. The third kappa shape index (κ3) is 3.08. The number of carbonyl (C=O) groups excluding carboxylic acids is 2. The van der Waals surface area contributed by atoms with Gasteiger partial charge < -0.3 is 10.1 Å². The molecular weight excluding hydrogens is 268 g/mol. The molecule has 1 aliphatic carbocycles. The Morgan fingerprint density at radius 3 is 2.52 bits per heavy atom. The molecule has 0 aromatic heterocycles. The molecule has 1 heterocycles. The van der Waals surface area contributed by atoms with E-state index in [0.717, 1.165) is 18.6 Å². The first-order chi connectivity index (χ1) is 10.2. The molecule has 1 saturated carbocycles. The maximum Gasteiger partial charge on any atom is 0.243 e. The normalized spacial score (nSPS) is 28.7. The Labute approximate surface area is 124 Å². The molecule has 0 bridgehead atoms. The first-order valence-corrected chi connectivity index (χ1v) is 7.39. The molecule has 5 heteroatoms. The van der Waals surface area contributed by atoms with Crippen molar-refractivity contribution in [2.24, 2.45) is 0 Å². The molecule has 1 aromatic carbocycles. The van der Waals surface area contributed by atoms with Crippen molar-refractivity contribution in [3.63, 3.8) is 0 Å². The second-order valence-corrected chi connectivity index (χ2v) is 5.81. The summed E-state index contributed by atoms with van der Waals surface area (Å²) in [5.41, 5.74) is 1.32. The quantitative estimate of drug-likeness (QED) is 0.820. The highest BCUT2D eigenvalue weighted by molar-refractivity contribution is 6.00. The zero-order valence-electron chi connectivity index (χ0n) is 12.1. The average Bonchev–Trinajstić information content (AvgIpc) is 2.44. The third-order valence-corrected chi connectivity index (χ3v) is 4.40. The van der Waals surface area contributed by atoms with E-state index in [1.54, 1.807) is 7.11 Å². The van der Waals surface area contributed by atoms with Gasteiger partial charge >= 0.3 is 0 Å². The number of amides is 2. The first-order valence-electron chi connectivity index (χ1n) is 7.39. The Bertz CT molecular complexity index is 535. The molecule has 0 radical (unpaired) electrons. The van der Waals surface area contributed by atoms with Gasteiger partial charge in [0.15, 0.2) is 0 Å². The van der Waals surface area contributed by atoms with Crippen LogP contribution in [0.5, 0.6) is 5.75 Å². The Morgan fingerprint density at radius 2 is 1.90 bits per heavy atom. The summed E-state index contributed by atoms with van der Waals surface area (Å²) in [5.74, 6) is 1.07. The summed E-state index contributed by atoms with van der Waals surface area (Å²) in [4.78, 5) is 22.8. The van der Waals surface area contributed by atoms with E-state index >= 15 is 0 Å². The van der Waals surface area contributed by atoms with Gasteiger partial charge in [0.05, 0.1) is 13.2 Å². The number of imide groups is 1. The van der Waals surface area contributed by atoms with Gasteiger partial charge in [-0.15, -0.1) is 0 Å². The maximum absolute atomic E-state index is 11.7. The van der Waals surface area contributed by atoms with E-state index in [0.29, 0.717) is 24.8 Å². The van der Waals surface area contributed by atoms with E-state index in [-0.39, 0.29) is 17.9 Å². The molecule has 3 rings (SSSR count). The zero-order chi connectivity index (χ0) is 14.8. The van der Waals surface area contributed by atoms with Gasteiger partial charge in [0.2, 0.25) is 11.8 Å². The number of ether oxygens (including phenoxy) is 1. The topological polar surface area (TPSA) is 67.4 Å². The smallest absolute Gasteiger partial charge is 0.243 e. The van der Waals surface area contributed by atoms with Gasteiger partial charge in [0.1, 0.15) is 5.75 Å². The van der Waals surface area contributed by atoms with Gasteiger partial charge in [-0.3, -0.25) is 14.9 Å². The van der Waals surface area contributed by atoms with Crippen LogP contribution in [-0.2, 0) is 9.59 Å². The summed E-state index contributed by atoms with van der Waals surface area (Å²) < 4.78 is 5.16. The van der Waals surface area contributed by atoms with Crippen LogP contribution in [0.1, 0.15) is 37.2 Å². The second kappa shape index (κ2) is 5.85. The first kappa shape index (κ1) is 14.1. The molecule has 1 atom stereocenters. The van der Waals surface area contributed by atoms with Gasteiger partial charge in [0.25, 0.3) is 0 Å². The van der Waals surface area contributed by atoms with Crippen molar-refractivity contribution >= 4 is 11.8 Å². The molecule has 21 heavy (non-hydrogen) atoms. The molecule has 0 spiro atoms. The Hall–Kier alpha value is -1.88. The van der Waals surface area contributed by atoms with Crippen molar-refractivity contribution in [1.82, 2.24) is 10.6 Å². The van der Waals surface area contributed by atoms with Crippen molar-refractivity contribution in [1.29, 1.82) is 0 Å². The van der Waals surface area contributed by atoms with Crippen molar-refractivity contribution < 1.29 is 14.3 Å². The van der Waals surface area contributed by atoms with Gasteiger partial charge in [-0.05, 0) is 42.9 Å². The molecule has 1 aromatic rings. The van der Waals surface area contributed by atoms with E-state index < -0.39 is 0 Å². The largest absolute Gasteiger partial charge is 0.497 e. The highest BCUT2D eigenvalue weighted by Crippen LogP contribution is 2.37. The van der Waals surface area contributed by atoms with Crippen molar-refractivity contribution in [2.45, 2.75) is 43.7 Å². The number of methoxy groups -OCH3 is 1.